The van der Waals surface area contributed by atoms with Crippen LogP contribution in [-0.2, 0) is 9.53 Å². The summed E-state index contributed by atoms with van der Waals surface area (Å²) >= 11 is 6.16. The second-order valence-corrected chi connectivity index (χ2v) is 6.80. The predicted octanol–water partition coefficient (Wildman–Crippen LogP) is 4.59. The first-order valence-corrected chi connectivity index (χ1v) is 8.95. The van der Waals surface area contributed by atoms with Gasteiger partial charge in [0.1, 0.15) is 11.5 Å². The Labute approximate surface area is 164 Å². The first kappa shape index (κ1) is 20.8. The molecule has 5 nitrogen and oxygen atoms in total. The van der Waals surface area contributed by atoms with Gasteiger partial charge in [-0.15, -0.1) is 0 Å². The van der Waals surface area contributed by atoms with Crippen LogP contribution in [0.4, 0.5) is 0 Å². The average molecular weight is 391 g/mol. The molecular weight excluding hydrogens is 368 g/mol. The molecule has 0 heterocycles. The van der Waals surface area contributed by atoms with Gasteiger partial charge in [0.2, 0.25) is 0 Å². The topological polar surface area (TPSA) is 61.8 Å². The number of hydrogen-bond acceptors (Lipinski definition) is 5. The van der Waals surface area contributed by atoms with Gasteiger partial charge >= 0.3 is 5.97 Å². The third-order valence-electron chi connectivity index (χ3n) is 4.03. The van der Waals surface area contributed by atoms with E-state index in [1.54, 1.807) is 37.4 Å². The molecule has 0 fully saturated rings. The van der Waals surface area contributed by atoms with Crippen molar-refractivity contribution in [3.05, 3.63) is 58.1 Å². The minimum absolute atomic E-state index is 0.186. The maximum Gasteiger partial charge on any atom is 0.344 e. The Morgan fingerprint density at radius 2 is 1.74 bits per heavy atom. The summed E-state index contributed by atoms with van der Waals surface area (Å²) in [6.45, 7) is 5.27. The van der Waals surface area contributed by atoms with Crippen molar-refractivity contribution in [2.75, 3.05) is 20.3 Å². The van der Waals surface area contributed by atoms with Gasteiger partial charge in [-0.05, 0) is 60.4 Å². The second-order valence-electron chi connectivity index (χ2n) is 6.39. The molecule has 2 aromatic carbocycles. The maximum absolute atomic E-state index is 12.1. The SMILES string of the molecule is COc1ccc(C(=O)COC(=O)COc2cc(C)c(Cl)cc2C(C)C)cc1. The first-order chi connectivity index (χ1) is 12.8. The maximum atomic E-state index is 12.1. The van der Waals surface area contributed by atoms with E-state index in [9.17, 15) is 9.59 Å². The number of halogens is 1. The minimum atomic E-state index is -0.612. The van der Waals surface area contributed by atoms with Crippen LogP contribution in [0.15, 0.2) is 36.4 Å². The summed E-state index contributed by atoms with van der Waals surface area (Å²) in [5.41, 5.74) is 2.21. The van der Waals surface area contributed by atoms with E-state index in [1.807, 2.05) is 26.8 Å². The number of ketones is 1. The van der Waals surface area contributed by atoms with Crippen molar-refractivity contribution in [3.8, 4) is 11.5 Å². The Kier molecular flexibility index (Phi) is 7.25. The lowest BCUT2D eigenvalue weighted by molar-refractivity contribution is -0.144. The van der Waals surface area contributed by atoms with Gasteiger partial charge < -0.3 is 14.2 Å². The second kappa shape index (κ2) is 9.42. The van der Waals surface area contributed by atoms with E-state index in [2.05, 4.69) is 0 Å². The number of rotatable bonds is 8. The summed E-state index contributed by atoms with van der Waals surface area (Å²) in [5, 5.41) is 0.652. The Hall–Kier alpha value is -2.53. The molecule has 0 atom stereocenters. The highest BCUT2D eigenvalue weighted by Gasteiger charge is 2.14. The van der Waals surface area contributed by atoms with E-state index >= 15 is 0 Å². The quantitative estimate of drug-likeness (QED) is 0.487. The van der Waals surface area contributed by atoms with Crippen LogP contribution in [0.1, 0.15) is 41.3 Å². The van der Waals surface area contributed by atoms with Gasteiger partial charge in [-0.1, -0.05) is 25.4 Å². The number of carbonyl (C=O) groups is 2. The van der Waals surface area contributed by atoms with E-state index in [-0.39, 0.29) is 24.9 Å². The Morgan fingerprint density at radius 1 is 1.07 bits per heavy atom. The fourth-order valence-corrected chi connectivity index (χ4v) is 2.60. The first-order valence-electron chi connectivity index (χ1n) is 8.57. The molecule has 0 saturated heterocycles. The summed E-state index contributed by atoms with van der Waals surface area (Å²) in [7, 11) is 1.55. The van der Waals surface area contributed by atoms with Crippen LogP contribution in [0, 0.1) is 6.92 Å². The lowest BCUT2D eigenvalue weighted by Crippen LogP contribution is -2.20. The number of methoxy groups -OCH3 is 1. The van der Waals surface area contributed by atoms with Gasteiger partial charge in [0, 0.05) is 10.6 Å². The number of benzene rings is 2. The Balaban J connectivity index is 1.91. The summed E-state index contributed by atoms with van der Waals surface area (Å²) in [6, 6.07) is 10.2. The monoisotopic (exact) mass is 390 g/mol. The van der Waals surface area contributed by atoms with E-state index < -0.39 is 5.97 Å². The molecule has 2 rings (SSSR count). The van der Waals surface area contributed by atoms with Crippen molar-refractivity contribution in [1.29, 1.82) is 0 Å². The molecule has 27 heavy (non-hydrogen) atoms. The van der Waals surface area contributed by atoms with Gasteiger partial charge in [-0.25, -0.2) is 4.79 Å². The van der Waals surface area contributed by atoms with Gasteiger partial charge in [0.05, 0.1) is 7.11 Å². The normalized spacial score (nSPS) is 10.6. The molecule has 6 heteroatoms. The number of aryl methyl sites for hydroxylation is 1. The molecule has 0 bridgehead atoms. The molecular formula is C21H23ClO5. The fourth-order valence-electron chi connectivity index (χ4n) is 2.43. The van der Waals surface area contributed by atoms with Crippen molar-refractivity contribution >= 4 is 23.4 Å². The molecule has 0 saturated carbocycles. The van der Waals surface area contributed by atoms with E-state index in [1.165, 1.54) is 0 Å². The fraction of sp³-hybridized carbons (Fsp3) is 0.333. The van der Waals surface area contributed by atoms with Crippen LogP contribution in [-0.4, -0.2) is 32.1 Å². The number of ether oxygens (including phenoxy) is 3. The molecule has 0 radical (unpaired) electrons. The molecule has 144 valence electrons. The molecule has 0 amide bonds. The third kappa shape index (κ3) is 5.73. The summed E-state index contributed by atoms with van der Waals surface area (Å²) in [4.78, 5) is 24.0. The van der Waals surface area contributed by atoms with Gasteiger partial charge in [-0.2, -0.15) is 0 Å². The molecule has 0 aliphatic carbocycles. The molecule has 0 aliphatic heterocycles. The Morgan fingerprint density at radius 3 is 2.33 bits per heavy atom. The Bertz CT molecular complexity index is 812. The highest BCUT2D eigenvalue weighted by molar-refractivity contribution is 6.31. The van der Waals surface area contributed by atoms with Crippen LogP contribution in [0.3, 0.4) is 0 Å². The smallest absolute Gasteiger partial charge is 0.344 e. The predicted molar refractivity (Wildman–Crippen MR) is 104 cm³/mol. The summed E-state index contributed by atoms with van der Waals surface area (Å²) in [5.74, 6) is 0.516. The number of Topliss-reactive ketones (excluding diaryl/α,β-unsaturated/α-hetero) is 1. The molecule has 0 aliphatic rings. The van der Waals surface area contributed by atoms with E-state index in [0.29, 0.717) is 22.1 Å². The van der Waals surface area contributed by atoms with Crippen molar-refractivity contribution in [3.63, 3.8) is 0 Å². The van der Waals surface area contributed by atoms with Crippen molar-refractivity contribution in [2.24, 2.45) is 0 Å². The molecule has 0 aromatic heterocycles. The number of hydrogen-bond donors (Lipinski definition) is 0. The van der Waals surface area contributed by atoms with Crippen LogP contribution in [0.5, 0.6) is 11.5 Å². The summed E-state index contributed by atoms with van der Waals surface area (Å²) < 4.78 is 15.7. The zero-order valence-corrected chi connectivity index (χ0v) is 16.6. The van der Waals surface area contributed by atoms with Crippen molar-refractivity contribution in [1.82, 2.24) is 0 Å². The van der Waals surface area contributed by atoms with Gasteiger partial charge in [0.15, 0.2) is 19.0 Å². The zero-order chi connectivity index (χ0) is 20.0. The van der Waals surface area contributed by atoms with Gasteiger partial charge in [0.25, 0.3) is 0 Å². The molecule has 0 unspecified atom stereocenters. The standard InChI is InChI=1S/C21H23ClO5/c1-13(2)17-10-18(22)14(3)9-20(17)26-12-21(24)27-11-19(23)15-5-7-16(25-4)8-6-15/h5-10,13H,11-12H2,1-4H3. The average Bonchev–Trinajstić information content (AvgIpc) is 2.66. The summed E-state index contributed by atoms with van der Waals surface area (Å²) in [6.07, 6.45) is 0. The van der Waals surface area contributed by atoms with Crippen LogP contribution >= 0.6 is 11.6 Å². The van der Waals surface area contributed by atoms with Gasteiger partial charge in [-0.3, -0.25) is 4.79 Å². The lowest BCUT2D eigenvalue weighted by Gasteiger charge is -2.15. The van der Waals surface area contributed by atoms with E-state index in [4.69, 9.17) is 25.8 Å². The molecule has 0 N–H and O–H groups in total. The third-order valence-corrected chi connectivity index (χ3v) is 4.44. The highest BCUT2D eigenvalue weighted by atomic mass is 35.5. The molecule has 2 aromatic rings. The number of esters is 1. The van der Waals surface area contributed by atoms with Crippen LogP contribution in [0.25, 0.3) is 0 Å². The zero-order valence-electron chi connectivity index (χ0n) is 15.9. The number of carbonyl (C=O) groups excluding carboxylic acids is 2. The molecule has 0 spiro atoms. The highest BCUT2D eigenvalue weighted by Crippen LogP contribution is 2.32. The van der Waals surface area contributed by atoms with Crippen molar-refractivity contribution < 1.29 is 23.8 Å². The minimum Gasteiger partial charge on any atom is -0.497 e. The lowest BCUT2D eigenvalue weighted by atomic mass is 10.0. The van der Waals surface area contributed by atoms with Crippen molar-refractivity contribution in [2.45, 2.75) is 26.7 Å². The van der Waals surface area contributed by atoms with Crippen LogP contribution < -0.4 is 9.47 Å². The largest absolute Gasteiger partial charge is 0.497 e. The van der Waals surface area contributed by atoms with E-state index in [0.717, 1.165) is 11.1 Å². The van der Waals surface area contributed by atoms with Crippen LogP contribution in [0.2, 0.25) is 5.02 Å².